The molecular formula is C19H26N6O2S. The van der Waals surface area contributed by atoms with E-state index in [0.717, 1.165) is 22.8 Å². The van der Waals surface area contributed by atoms with Crippen LogP contribution in [-0.4, -0.2) is 47.9 Å². The number of benzene rings is 1. The maximum atomic E-state index is 5.44. The highest BCUT2D eigenvalue weighted by Crippen LogP contribution is 2.15. The minimum atomic E-state index is 0.386. The maximum Gasteiger partial charge on any atom is 0.229 e. The highest BCUT2D eigenvalue weighted by Gasteiger charge is 2.07. The topological polar surface area (TPSA) is 92.7 Å². The standard InChI is InChI=1S/C19H26N6O2S/c1-5-27-16-8-6-15(7-9-16)23-19(28)25-17(20-10-11-26-4)24-18-21-13(2)12-14(3)22-18/h6-9,12H,5,10-11H2,1-4H3,(H3,20,21,22,23,24,25,28). The SMILES string of the molecule is CCOc1ccc(NC(=S)NC(=NCCOC)Nc2nc(C)cc(C)n2)cc1. The summed E-state index contributed by atoms with van der Waals surface area (Å²) in [5.41, 5.74) is 2.56. The number of hydrogen-bond acceptors (Lipinski definition) is 6. The van der Waals surface area contributed by atoms with E-state index in [1.54, 1.807) is 7.11 Å². The lowest BCUT2D eigenvalue weighted by atomic mass is 10.3. The van der Waals surface area contributed by atoms with Gasteiger partial charge in [-0.05, 0) is 63.3 Å². The minimum Gasteiger partial charge on any atom is -0.494 e. The van der Waals surface area contributed by atoms with Gasteiger partial charge in [0, 0.05) is 24.2 Å². The van der Waals surface area contributed by atoms with Crippen LogP contribution in [0.15, 0.2) is 35.3 Å². The Labute approximate surface area is 170 Å². The summed E-state index contributed by atoms with van der Waals surface area (Å²) in [6.07, 6.45) is 0. The number of rotatable bonds is 7. The molecule has 2 rings (SSSR count). The third kappa shape index (κ3) is 7.45. The average molecular weight is 403 g/mol. The van der Waals surface area contributed by atoms with Crippen molar-refractivity contribution in [3.8, 4) is 5.75 Å². The summed E-state index contributed by atoms with van der Waals surface area (Å²) in [5, 5.41) is 9.62. The molecular weight excluding hydrogens is 376 g/mol. The third-order valence-corrected chi connectivity index (χ3v) is 3.64. The van der Waals surface area contributed by atoms with E-state index in [4.69, 9.17) is 21.7 Å². The Balaban J connectivity index is 2.04. The highest BCUT2D eigenvalue weighted by molar-refractivity contribution is 7.80. The second-order valence-corrected chi connectivity index (χ2v) is 6.27. The van der Waals surface area contributed by atoms with E-state index in [1.165, 1.54) is 0 Å². The van der Waals surface area contributed by atoms with Gasteiger partial charge in [-0.15, -0.1) is 0 Å². The van der Waals surface area contributed by atoms with Crippen molar-refractivity contribution < 1.29 is 9.47 Å². The molecule has 0 bridgehead atoms. The van der Waals surface area contributed by atoms with Gasteiger partial charge >= 0.3 is 0 Å². The molecule has 0 spiro atoms. The molecule has 0 aliphatic rings. The molecule has 0 amide bonds. The van der Waals surface area contributed by atoms with E-state index in [1.807, 2.05) is 51.1 Å². The Kier molecular flexibility index (Phi) is 8.57. The molecule has 2 aromatic rings. The van der Waals surface area contributed by atoms with Crippen molar-refractivity contribution in [1.82, 2.24) is 15.3 Å². The summed E-state index contributed by atoms with van der Waals surface area (Å²) in [7, 11) is 1.63. The average Bonchev–Trinajstić information content (AvgIpc) is 2.63. The summed E-state index contributed by atoms with van der Waals surface area (Å²) >= 11 is 5.40. The van der Waals surface area contributed by atoms with E-state index >= 15 is 0 Å². The van der Waals surface area contributed by atoms with Crippen LogP contribution in [0.2, 0.25) is 0 Å². The maximum absolute atomic E-state index is 5.44. The number of methoxy groups -OCH3 is 1. The monoisotopic (exact) mass is 402 g/mol. The predicted octanol–water partition coefficient (Wildman–Crippen LogP) is 2.89. The Morgan fingerprint density at radius 1 is 1.11 bits per heavy atom. The van der Waals surface area contributed by atoms with Crippen LogP contribution in [0.4, 0.5) is 11.6 Å². The van der Waals surface area contributed by atoms with Gasteiger partial charge < -0.3 is 20.1 Å². The fourth-order valence-electron chi connectivity index (χ4n) is 2.32. The summed E-state index contributed by atoms with van der Waals surface area (Å²) in [6, 6.07) is 9.44. The first-order valence-corrected chi connectivity index (χ1v) is 9.34. The minimum absolute atomic E-state index is 0.386. The van der Waals surface area contributed by atoms with Crippen molar-refractivity contribution in [3.63, 3.8) is 0 Å². The molecule has 0 aliphatic carbocycles. The first-order valence-electron chi connectivity index (χ1n) is 8.93. The lowest BCUT2D eigenvalue weighted by Crippen LogP contribution is -2.39. The van der Waals surface area contributed by atoms with E-state index < -0.39 is 0 Å². The molecule has 0 aliphatic heterocycles. The number of aliphatic imine (C=N–C) groups is 1. The molecule has 1 aromatic heterocycles. The fourth-order valence-corrected chi connectivity index (χ4v) is 2.53. The number of aromatic nitrogens is 2. The van der Waals surface area contributed by atoms with E-state index in [-0.39, 0.29) is 0 Å². The van der Waals surface area contributed by atoms with E-state index in [0.29, 0.717) is 36.8 Å². The van der Waals surface area contributed by atoms with Crippen LogP contribution in [0.25, 0.3) is 0 Å². The first kappa shape index (κ1) is 21.5. The Bertz CT molecular complexity index is 790. The van der Waals surface area contributed by atoms with Crippen LogP contribution in [0, 0.1) is 13.8 Å². The molecule has 8 nitrogen and oxygen atoms in total. The number of anilines is 2. The van der Waals surface area contributed by atoms with Gasteiger partial charge in [0.25, 0.3) is 0 Å². The molecule has 1 aromatic carbocycles. The largest absolute Gasteiger partial charge is 0.494 e. The number of guanidine groups is 1. The summed E-state index contributed by atoms with van der Waals surface area (Å²) in [5.74, 6) is 1.69. The molecule has 0 radical (unpaired) electrons. The zero-order valence-corrected chi connectivity index (χ0v) is 17.4. The van der Waals surface area contributed by atoms with Gasteiger partial charge in [0.1, 0.15) is 5.75 Å². The van der Waals surface area contributed by atoms with Gasteiger partial charge in [0.05, 0.1) is 19.8 Å². The number of nitrogens with zero attached hydrogens (tertiary/aromatic N) is 3. The van der Waals surface area contributed by atoms with E-state index in [9.17, 15) is 0 Å². The molecule has 0 unspecified atom stereocenters. The summed E-state index contributed by atoms with van der Waals surface area (Å²) < 4.78 is 10.5. The van der Waals surface area contributed by atoms with Crippen molar-refractivity contribution in [2.45, 2.75) is 20.8 Å². The molecule has 0 saturated heterocycles. The lowest BCUT2D eigenvalue weighted by Gasteiger charge is -2.14. The first-order chi connectivity index (χ1) is 13.5. The number of thiocarbonyl (C=S) groups is 1. The fraction of sp³-hybridized carbons (Fsp3) is 0.368. The quantitative estimate of drug-likeness (QED) is 0.282. The third-order valence-electron chi connectivity index (χ3n) is 3.43. The molecule has 0 fully saturated rings. The molecule has 9 heteroatoms. The van der Waals surface area contributed by atoms with Gasteiger partial charge in [-0.3, -0.25) is 10.3 Å². The van der Waals surface area contributed by atoms with Crippen LogP contribution in [0.1, 0.15) is 18.3 Å². The zero-order valence-electron chi connectivity index (χ0n) is 16.6. The van der Waals surface area contributed by atoms with Gasteiger partial charge in [0.2, 0.25) is 11.9 Å². The van der Waals surface area contributed by atoms with Crippen molar-refractivity contribution >= 4 is 34.9 Å². The second-order valence-electron chi connectivity index (χ2n) is 5.86. The number of aryl methyl sites for hydroxylation is 2. The Hall–Kier alpha value is -2.78. The van der Waals surface area contributed by atoms with Crippen LogP contribution in [0.3, 0.4) is 0 Å². The Morgan fingerprint density at radius 3 is 2.39 bits per heavy atom. The zero-order chi connectivity index (χ0) is 20.4. The van der Waals surface area contributed by atoms with Crippen LogP contribution >= 0.6 is 12.2 Å². The molecule has 150 valence electrons. The van der Waals surface area contributed by atoms with E-state index in [2.05, 4.69) is 30.9 Å². The predicted molar refractivity (Wildman–Crippen MR) is 116 cm³/mol. The second kappa shape index (κ2) is 11.2. The highest BCUT2D eigenvalue weighted by atomic mass is 32.1. The molecule has 0 atom stereocenters. The van der Waals surface area contributed by atoms with Gasteiger partial charge in [-0.25, -0.2) is 9.97 Å². The van der Waals surface area contributed by atoms with Gasteiger partial charge in [0.15, 0.2) is 5.11 Å². The van der Waals surface area contributed by atoms with Gasteiger partial charge in [-0.2, -0.15) is 0 Å². The number of nitrogens with one attached hydrogen (secondary N) is 3. The van der Waals surface area contributed by atoms with Crippen LogP contribution in [0.5, 0.6) is 5.75 Å². The van der Waals surface area contributed by atoms with Crippen LogP contribution < -0.4 is 20.7 Å². The Morgan fingerprint density at radius 2 is 1.79 bits per heavy atom. The van der Waals surface area contributed by atoms with Crippen molar-refractivity contribution in [3.05, 3.63) is 41.7 Å². The number of hydrogen-bond donors (Lipinski definition) is 3. The molecule has 1 heterocycles. The molecule has 3 N–H and O–H groups in total. The van der Waals surface area contributed by atoms with Crippen molar-refractivity contribution in [2.24, 2.45) is 4.99 Å². The number of ether oxygens (including phenoxy) is 2. The van der Waals surface area contributed by atoms with Crippen LogP contribution in [-0.2, 0) is 4.74 Å². The normalized spacial score (nSPS) is 11.1. The van der Waals surface area contributed by atoms with Gasteiger partial charge in [-0.1, -0.05) is 0 Å². The van der Waals surface area contributed by atoms with Crippen molar-refractivity contribution in [1.29, 1.82) is 0 Å². The lowest BCUT2D eigenvalue weighted by molar-refractivity contribution is 0.208. The summed E-state index contributed by atoms with van der Waals surface area (Å²) in [4.78, 5) is 13.2. The molecule has 28 heavy (non-hydrogen) atoms. The van der Waals surface area contributed by atoms with Crippen molar-refractivity contribution in [2.75, 3.05) is 37.5 Å². The molecule has 0 saturated carbocycles. The smallest absolute Gasteiger partial charge is 0.229 e. The summed E-state index contributed by atoms with van der Waals surface area (Å²) in [6.45, 7) is 7.34.